The molecular formula is C19H22ClN3O. The summed E-state index contributed by atoms with van der Waals surface area (Å²) >= 11 is 5.91. The molecule has 1 heterocycles. The van der Waals surface area contributed by atoms with Crippen molar-refractivity contribution in [2.24, 2.45) is 5.73 Å². The van der Waals surface area contributed by atoms with E-state index < -0.39 is 0 Å². The first-order valence-corrected chi connectivity index (χ1v) is 8.60. The zero-order valence-corrected chi connectivity index (χ0v) is 14.6. The lowest BCUT2D eigenvalue weighted by Crippen LogP contribution is -2.09. The van der Waals surface area contributed by atoms with E-state index in [2.05, 4.69) is 29.7 Å². The van der Waals surface area contributed by atoms with E-state index in [0.717, 1.165) is 42.0 Å². The highest BCUT2D eigenvalue weighted by Crippen LogP contribution is 2.22. The van der Waals surface area contributed by atoms with Gasteiger partial charge in [0.25, 0.3) is 0 Å². The van der Waals surface area contributed by atoms with E-state index in [0.29, 0.717) is 18.2 Å². The van der Waals surface area contributed by atoms with Gasteiger partial charge in [0.2, 0.25) is 0 Å². The molecule has 5 heteroatoms. The van der Waals surface area contributed by atoms with Crippen LogP contribution in [-0.4, -0.2) is 16.1 Å². The average molecular weight is 344 g/mol. The maximum absolute atomic E-state index is 5.91. The molecule has 1 aromatic heterocycles. The van der Waals surface area contributed by atoms with E-state index in [4.69, 9.17) is 27.1 Å². The number of benzene rings is 2. The van der Waals surface area contributed by atoms with Crippen LogP contribution < -0.4 is 10.5 Å². The molecule has 4 nitrogen and oxygen atoms in total. The number of nitrogens with two attached hydrogens (primary N) is 1. The van der Waals surface area contributed by atoms with Gasteiger partial charge in [-0.3, -0.25) is 0 Å². The molecule has 0 aliphatic heterocycles. The zero-order chi connectivity index (χ0) is 16.9. The lowest BCUT2D eigenvalue weighted by Gasteiger charge is -2.10. The predicted octanol–water partition coefficient (Wildman–Crippen LogP) is 4.32. The van der Waals surface area contributed by atoms with Crippen LogP contribution in [0.25, 0.3) is 11.0 Å². The van der Waals surface area contributed by atoms with Gasteiger partial charge in [-0.2, -0.15) is 0 Å². The summed E-state index contributed by atoms with van der Waals surface area (Å²) in [6, 6.07) is 13.7. The second-order valence-electron chi connectivity index (χ2n) is 5.86. The van der Waals surface area contributed by atoms with E-state index in [1.807, 2.05) is 24.3 Å². The highest BCUT2D eigenvalue weighted by atomic mass is 35.5. The number of ether oxygens (including phenoxy) is 1. The predicted molar refractivity (Wildman–Crippen MR) is 98.5 cm³/mol. The van der Waals surface area contributed by atoms with Crippen molar-refractivity contribution in [2.45, 2.75) is 32.9 Å². The molecule has 0 fully saturated rings. The van der Waals surface area contributed by atoms with Crippen molar-refractivity contribution < 1.29 is 4.74 Å². The van der Waals surface area contributed by atoms with Crippen LogP contribution in [0.1, 0.15) is 24.2 Å². The molecule has 0 radical (unpaired) electrons. The quantitative estimate of drug-likeness (QED) is 0.650. The lowest BCUT2D eigenvalue weighted by atomic mass is 10.2. The number of para-hydroxylation sites is 1. The molecular weight excluding hydrogens is 322 g/mol. The summed E-state index contributed by atoms with van der Waals surface area (Å²) in [5.41, 5.74) is 9.00. The molecule has 0 aliphatic carbocycles. The Kier molecular flexibility index (Phi) is 5.38. The molecule has 0 amide bonds. The van der Waals surface area contributed by atoms with Gasteiger partial charge in [0, 0.05) is 11.6 Å². The van der Waals surface area contributed by atoms with Crippen molar-refractivity contribution in [3.05, 3.63) is 58.9 Å². The zero-order valence-electron chi connectivity index (χ0n) is 13.8. The van der Waals surface area contributed by atoms with E-state index in [1.165, 1.54) is 5.56 Å². The molecule has 0 bridgehead atoms. The first-order valence-electron chi connectivity index (χ1n) is 8.22. The Labute approximate surface area is 147 Å². The third-order valence-electron chi connectivity index (χ3n) is 4.08. The van der Waals surface area contributed by atoms with Gasteiger partial charge in [0.05, 0.1) is 11.0 Å². The van der Waals surface area contributed by atoms with Crippen LogP contribution in [0.3, 0.4) is 0 Å². The highest BCUT2D eigenvalue weighted by Gasteiger charge is 2.12. The van der Waals surface area contributed by atoms with Gasteiger partial charge in [0.15, 0.2) is 0 Å². The lowest BCUT2D eigenvalue weighted by molar-refractivity contribution is 0.289. The van der Waals surface area contributed by atoms with Crippen LogP contribution in [0.15, 0.2) is 42.5 Å². The SMILES string of the molecule is Cc1cccc2c1nc(COc1ccc(Cl)cc1)n2CCCCN. The number of aromatic nitrogens is 2. The van der Waals surface area contributed by atoms with Crippen molar-refractivity contribution in [3.63, 3.8) is 0 Å². The maximum atomic E-state index is 5.91. The molecule has 0 aliphatic rings. The maximum Gasteiger partial charge on any atom is 0.148 e. The molecule has 0 saturated carbocycles. The fraction of sp³-hybridized carbons (Fsp3) is 0.316. The fourth-order valence-electron chi connectivity index (χ4n) is 2.79. The first kappa shape index (κ1) is 16.8. The van der Waals surface area contributed by atoms with E-state index >= 15 is 0 Å². The summed E-state index contributed by atoms with van der Waals surface area (Å²) in [6.45, 7) is 4.13. The molecule has 24 heavy (non-hydrogen) atoms. The Morgan fingerprint density at radius 2 is 1.92 bits per heavy atom. The van der Waals surface area contributed by atoms with Crippen LogP contribution in [0, 0.1) is 6.92 Å². The average Bonchev–Trinajstić information content (AvgIpc) is 2.94. The standard InChI is InChI=1S/C19H22ClN3O/c1-14-5-4-6-17-19(14)22-18(23(17)12-3-2-11-21)13-24-16-9-7-15(20)8-10-16/h4-10H,2-3,11-13,21H2,1H3. The number of imidazole rings is 1. The van der Waals surface area contributed by atoms with Gasteiger partial charge in [0.1, 0.15) is 18.2 Å². The molecule has 3 aromatic rings. The molecule has 2 N–H and O–H groups in total. The summed E-state index contributed by atoms with van der Waals surface area (Å²) in [7, 11) is 0. The Morgan fingerprint density at radius 1 is 1.12 bits per heavy atom. The number of hydrogen-bond donors (Lipinski definition) is 1. The Morgan fingerprint density at radius 3 is 2.67 bits per heavy atom. The minimum absolute atomic E-state index is 0.429. The summed E-state index contributed by atoms with van der Waals surface area (Å²) < 4.78 is 8.14. The number of rotatable bonds is 7. The van der Waals surface area contributed by atoms with Gasteiger partial charge in [-0.05, 0) is 62.2 Å². The fourth-order valence-corrected chi connectivity index (χ4v) is 2.91. The highest BCUT2D eigenvalue weighted by molar-refractivity contribution is 6.30. The molecule has 126 valence electrons. The number of halogens is 1. The summed E-state index contributed by atoms with van der Waals surface area (Å²) in [5.74, 6) is 1.72. The van der Waals surface area contributed by atoms with Crippen LogP contribution in [0.2, 0.25) is 5.02 Å². The topological polar surface area (TPSA) is 53.1 Å². The molecule has 0 atom stereocenters. The Hall–Kier alpha value is -2.04. The second kappa shape index (κ2) is 7.69. The van der Waals surface area contributed by atoms with Crippen LogP contribution >= 0.6 is 11.6 Å². The van der Waals surface area contributed by atoms with E-state index in [-0.39, 0.29) is 0 Å². The van der Waals surface area contributed by atoms with E-state index in [1.54, 1.807) is 0 Å². The van der Waals surface area contributed by atoms with Gasteiger partial charge >= 0.3 is 0 Å². The number of nitrogens with zero attached hydrogens (tertiary/aromatic N) is 2. The number of aryl methyl sites for hydroxylation is 2. The molecule has 0 spiro atoms. The Balaban J connectivity index is 1.85. The smallest absolute Gasteiger partial charge is 0.148 e. The van der Waals surface area contributed by atoms with Crippen molar-refractivity contribution in [2.75, 3.05) is 6.54 Å². The summed E-state index contributed by atoms with van der Waals surface area (Å²) in [4.78, 5) is 4.80. The van der Waals surface area contributed by atoms with Gasteiger partial charge in [-0.1, -0.05) is 23.7 Å². The van der Waals surface area contributed by atoms with Crippen molar-refractivity contribution in [1.29, 1.82) is 0 Å². The minimum atomic E-state index is 0.429. The molecule has 2 aromatic carbocycles. The number of unbranched alkanes of at least 4 members (excludes halogenated alkanes) is 1. The largest absolute Gasteiger partial charge is 0.486 e. The normalized spacial score (nSPS) is 11.1. The molecule has 3 rings (SSSR count). The van der Waals surface area contributed by atoms with Gasteiger partial charge in [-0.25, -0.2) is 4.98 Å². The van der Waals surface area contributed by atoms with Crippen LogP contribution in [0.5, 0.6) is 5.75 Å². The number of fused-ring (bicyclic) bond motifs is 1. The van der Waals surface area contributed by atoms with Crippen molar-refractivity contribution in [1.82, 2.24) is 9.55 Å². The van der Waals surface area contributed by atoms with E-state index in [9.17, 15) is 0 Å². The van der Waals surface area contributed by atoms with Gasteiger partial charge < -0.3 is 15.0 Å². The van der Waals surface area contributed by atoms with Crippen LogP contribution in [0.4, 0.5) is 0 Å². The third-order valence-corrected chi connectivity index (χ3v) is 4.33. The molecule has 0 unspecified atom stereocenters. The van der Waals surface area contributed by atoms with Crippen molar-refractivity contribution >= 4 is 22.6 Å². The third kappa shape index (κ3) is 3.71. The number of hydrogen-bond acceptors (Lipinski definition) is 3. The van der Waals surface area contributed by atoms with Crippen LogP contribution in [-0.2, 0) is 13.2 Å². The minimum Gasteiger partial charge on any atom is -0.486 e. The van der Waals surface area contributed by atoms with Crippen molar-refractivity contribution in [3.8, 4) is 5.75 Å². The first-order chi connectivity index (χ1) is 11.7. The second-order valence-corrected chi connectivity index (χ2v) is 6.30. The summed E-state index contributed by atoms with van der Waals surface area (Å²) in [5, 5.41) is 0.701. The summed E-state index contributed by atoms with van der Waals surface area (Å²) in [6.07, 6.45) is 2.03. The van der Waals surface area contributed by atoms with Gasteiger partial charge in [-0.15, -0.1) is 0 Å². The molecule has 0 saturated heterocycles. The Bertz CT molecular complexity index is 811. The monoisotopic (exact) mass is 343 g/mol.